The van der Waals surface area contributed by atoms with Crippen molar-refractivity contribution in [2.24, 2.45) is 0 Å². The molecule has 0 aromatic heterocycles. The summed E-state index contributed by atoms with van der Waals surface area (Å²) >= 11 is 0. The fraction of sp³-hybridized carbons (Fsp3) is 0.571. The number of quaternary nitrogens is 1. The minimum atomic E-state index is 0.216. The lowest BCUT2D eigenvalue weighted by molar-refractivity contribution is -0.892. The summed E-state index contributed by atoms with van der Waals surface area (Å²) in [6.45, 7) is 5.52. The number of aromatic hydroxyl groups is 1. The van der Waals surface area contributed by atoms with Crippen LogP contribution in [-0.2, 0) is 9.53 Å². The van der Waals surface area contributed by atoms with E-state index in [1.54, 1.807) is 19.2 Å². The number of rotatable bonds is 7. The van der Waals surface area contributed by atoms with Crippen molar-refractivity contribution in [2.75, 3.05) is 57.9 Å². The second-order valence-electron chi connectivity index (χ2n) is 7.41. The molecule has 2 N–H and O–H groups in total. The molecule has 1 aromatic rings. The number of nitrogens with one attached hydrogen (secondary N) is 1. The number of hydrogen-bond donors (Lipinski definition) is 2. The predicted octanol–water partition coefficient (Wildman–Crippen LogP) is 1.03. The predicted molar refractivity (Wildman–Crippen MR) is 106 cm³/mol. The topological polar surface area (TPSA) is 57.5 Å². The number of amides is 1. The van der Waals surface area contributed by atoms with Crippen molar-refractivity contribution in [1.82, 2.24) is 4.90 Å². The number of ether oxygens (including phenoxy) is 1. The first-order valence-electron chi connectivity index (χ1n) is 10.0. The van der Waals surface area contributed by atoms with Crippen molar-refractivity contribution in [2.45, 2.75) is 25.7 Å². The highest BCUT2D eigenvalue weighted by Gasteiger charge is 2.26. The Morgan fingerprint density at radius 3 is 2.59 bits per heavy atom. The van der Waals surface area contributed by atoms with Gasteiger partial charge in [0.1, 0.15) is 5.75 Å². The summed E-state index contributed by atoms with van der Waals surface area (Å²) in [6, 6.07) is 7.36. The third kappa shape index (κ3) is 5.47. The van der Waals surface area contributed by atoms with Crippen LogP contribution in [0.15, 0.2) is 36.0 Å². The molecule has 0 bridgehead atoms. The Kier molecular flexibility index (Phi) is 7.12. The van der Waals surface area contributed by atoms with Gasteiger partial charge in [0.15, 0.2) is 6.54 Å². The monoisotopic (exact) mass is 374 g/mol. The van der Waals surface area contributed by atoms with Gasteiger partial charge in [0.25, 0.3) is 5.91 Å². The molecular formula is C21H32N3O3+. The third-order valence-electron chi connectivity index (χ3n) is 5.52. The Hall–Kier alpha value is -2.05. The Morgan fingerprint density at radius 2 is 1.96 bits per heavy atom. The molecule has 1 heterocycles. The van der Waals surface area contributed by atoms with Gasteiger partial charge in [0, 0.05) is 25.0 Å². The summed E-state index contributed by atoms with van der Waals surface area (Å²) in [6.07, 6.45) is 6.69. The van der Waals surface area contributed by atoms with Crippen molar-refractivity contribution >= 4 is 11.6 Å². The average molecular weight is 375 g/mol. The number of phenolic OH excluding ortho intramolecular Hbond substituents is 1. The first kappa shape index (κ1) is 19.7. The van der Waals surface area contributed by atoms with Crippen LogP contribution in [0.2, 0.25) is 0 Å². The van der Waals surface area contributed by atoms with Crippen molar-refractivity contribution in [3.63, 3.8) is 0 Å². The van der Waals surface area contributed by atoms with Crippen molar-refractivity contribution in [1.29, 1.82) is 0 Å². The van der Waals surface area contributed by atoms with E-state index in [2.05, 4.69) is 11.0 Å². The van der Waals surface area contributed by atoms with E-state index in [9.17, 15) is 9.90 Å². The number of piperazine rings is 1. The summed E-state index contributed by atoms with van der Waals surface area (Å²) in [7, 11) is 1.69. The quantitative estimate of drug-likeness (QED) is 0.749. The van der Waals surface area contributed by atoms with Gasteiger partial charge in [-0.2, -0.15) is 0 Å². The van der Waals surface area contributed by atoms with Gasteiger partial charge in [0.05, 0.1) is 32.8 Å². The normalized spacial score (nSPS) is 18.3. The molecule has 0 atom stereocenters. The second-order valence-corrected chi connectivity index (χ2v) is 7.41. The molecule has 0 unspecified atom stereocenters. The van der Waals surface area contributed by atoms with Crippen LogP contribution in [0.1, 0.15) is 25.7 Å². The summed E-state index contributed by atoms with van der Waals surface area (Å²) in [5.41, 5.74) is 2.32. The summed E-state index contributed by atoms with van der Waals surface area (Å²) in [4.78, 5) is 18.6. The van der Waals surface area contributed by atoms with Gasteiger partial charge in [-0.05, 0) is 49.9 Å². The zero-order valence-corrected chi connectivity index (χ0v) is 16.3. The molecular weight excluding hydrogens is 342 g/mol. The first-order chi connectivity index (χ1) is 13.2. The maximum atomic E-state index is 13.0. The van der Waals surface area contributed by atoms with E-state index in [0.29, 0.717) is 25.4 Å². The average Bonchev–Trinajstić information content (AvgIpc) is 2.70. The molecule has 6 heteroatoms. The largest absolute Gasteiger partial charge is 0.508 e. The molecule has 1 fully saturated rings. The SMILES string of the molecule is COCCN(C(=O)C[NH+]1CCN(c2ccc(O)cc2)CC1)C1=CCCCC1. The van der Waals surface area contributed by atoms with E-state index in [0.717, 1.165) is 44.7 Å². The van der Waals surface area contributed by atoms with Crippen LogP contribution in [-0.4, -0.2) is 68.9 Å². The number of anilines is 1. The summed E-state index contributed by atoms with van der Waals surface area (Å²) in [5, 5.41) is 9.44. The molecule has 6 nitrogen and oxygen atoms in total. The first-order valence-corrected chi connectivity index (χ1v) is 10.0. The number of methoxy groups -OCH3 is 1. The fourth-order valence-corrected chi connectivity index (χ4v) is 3.91. The maximum Gasteiger partial charge on any atom is 0.281 e. The van der Waals surface area contributed by atoms with Crippen LogP contribution in [0.25, 0.3) is 0 Å². The number of nitrogens with zero attached hydrogens (tertiary/aromatic N) is 2. The van der Waals surface area contributed by atoms with E-state index in [1.165, 1.54) is 23.4 Å². The Morgan fingerprint density at radius 1 is 1.22 bits per heavy atom. The van der Waals surface area contributed by atoms with Gasteiger partial charge >= 0.3 is 0 Å². The second kappa shape index (κ2) is 9.76. The molecule has 2 aliphatic rings. The van der Waals surface area contributed by atoms with Gasteiger partial charge in [-0.3, -0.25) is 4.79 Å². The number of benzene rings is 1. The Labute approximate surface area is 162 Å². The van der Waals surface area contributed by atoms with Crippen LogP contribution in [0.4, 0.5) is 5.69 Å². The van der Waals surface area contributed by atoms with Crippen molar-refractivity contribution in [3.05, 3.63) is 36.0 Å². The number of hydrogen-bond acceptors (Lipinski definition) is 4. The van der Waals surface area contributed by atoms with Gasteiger partial charge in [-0.25, -0.2) is 0 Å². The smallest absolute Gasteiger partial charge is 0.281 e. The van der Waals surface area contributed by atoms with Crippen LogP contribution in [0, 0.1) is 0 Å². The minimum absolute atomic E-state index is 0.216. The lowest BCUT2D eigenvalue weighted by atomic mass is 10.0. The van der Waals surface area contributed by atoms with E-state index >= 15 is 0 Å². The molecule has 1 aromatic carbocycles. The zero-order valence-electron chi connectivity index (χ0n) is 16.3. The molecule has 3 rings (SSSR count). The van der Waals surface area contributed by atoms with Gasteiger partial charge in [0.2, 0.25) is 0 Å². The molecule has 1 aliphatic heterocycles. The van der Waals surface area contributed by atoms with E-state index in [4.69, 9.17) is 4.74 Å². The Balaban J connectivity index is 1.53. The van der Waals surface area contributed by atoms with Crippen LogP contribution in [0.5, 0.6) is 5.75 Å². The van der Waals surface area contributed by atoms with Crippen molar-refractivity contribution in [3.8, 4) is 5.75 Å². The molecule has 1 saturated heterocycles. The number of carbonyl (C=O) groups excluding carboxylic acids is 1. The maximum absolute atomic E-state index is 13.0. The number of phenols is 1. The van der Waals surface area contributed by atoms with Gasteiger partial charge in [-0.15, -0.1) is 0 Å². The fourth-order valence-electron chi connectivity index (χ4n) is 3.91. The Bertz CT molecular complexity index is 637. The number of carbonyl (C=O) groups is 1. The summed E-state index contributed by atoms with van der Waals surface area (Å²) in [5.74, 6) is 0.509. The van der Waals surface area contributed by atoms with Crippen LogP contribution < -0.4 is 9.80 Å². The van der Waals surface area contributed by atoms with Gasteiger partial charge in [-0.1, -0.05) is 6.08 Å². The molecule has 1 aliphatic carbocycles. The third-order valence-corrected chi connectivity index (χ3v) is 5.52. The highest BCUT2D eigenvalue weighted by Crippen LogP contribution is 2.21. The van der Waals surface area contributed by atoms with Crippen LogP contribution in [0.3, 0.4) is 0 Å². The highest BCUT2D eigenvalue weighted by atomic mass is 16.5. The lowest BCUT2D eigenvalue weighted by Gasteiger charge is -2.35. The molecule has 0 spiro atoms. The molecule has 27 heavy (non-hydrogen) atoms. The van der Waals surface area contributed by atoms with E-state index in [-0.39, 0.29) is 5.91 Å². The number of allylic oxidation sites excluding steroid dienone is 2. The van der Waals surface area contributed by atoms with E-state index in [1.807, 2.05) is 17.0 Å². The zero-order chi connectivity index (χ0) is 19.1. The van der Waals surface area contributed by atoms with E-state index < -0.39 is 0 Å². The minimum Gasteiger partial charge on any atom is -0.508 e. The van der Waals surface area contributed by atoms with Gasteiger partial charge < -0.3 is 24.5 Å². The molecule has 0 radical (unpaired) electrons. The summed E-state index contributed by atoms with van der Waals surface area (Å²) < 4.78 is 5.22. The van der Waals surface area contributed by atoms with Crippen molar-refractivity contribution < 1.29 is 19.5 Å². The standard InChI is InChI=1S/C21H31N3O3/c1-27-16-15-24(19-5-3-2-4-6-19)21(26)17-22-11-13-23(14-12-22)18-7-9-20(25)10-8-18/h5,7-10,25H,2-4,6,11-17H2,1H3/p+1. The lowest BCUT2D eigenvalue weighted by Crippen LogP contribution is -3.15. The highest BCUT2D eigenvalue weighted by molar-refractivity contribution is 5.79. The molecule has 0 saturated carbocycles. The van der Waals surface area contributed by atoms with Crippen LogP contribution >= 0.6 is 0 Å². The molecule has 148 valence electrons. The molecule has 1 amide bonds.